The molecule has 0 saturated carbocycles. The number of halogens is 1. The highest BCUT2D eigenvalue weighted by molar-refractivity contribution is 7.98. The molecule has 3 nitrogen and oxygen atoms in total. The third-order valence-corrected chi connectivity index (χ3v) is 3.25. The van der Waals surface area contributed by atoms with Gasteiger partial charge < -0.3 is 10.6 Å². The van der Waals surface area contributed by atoms with Crippen molar-refractivity contribution in [3.05, 3.63) is 24.3 Å². The molecule has 0 aliphatic carbocycles. The molecule has 0 radical (unpaired) electrons. The number of nitrogens with one attached hydrogen (secondary N) is 2. The van der Waals surface area contributed by atoms with Crippen molar-refractivity contribution in [2.45, 2.75) is 31.2 Å². The number of amides is 1. The molecule has 1 aromatic rings. The minimum absolute atomic E-state index is 0. The van der Waals surface area contributed by atoms with E-state index < -0.39 is 0 Å². The van der Waals surface area contributed by atoms with Crippen molar-refractivity contribution >= 4 is 35.8 Å². The molecule has 0 spiro atoms. The molecule has 0 saturated heterocycles. The van der Waals surface area contributed by atoms with Gasteiger partial charge in [0.25, 0.3) is 0 Å². The summed E-state index contributed by atoms with van der Waals surface area (Å²) < 4.78 is 0. The van der Waals surface area contributed by atoms with Crippen molar-refractivity contribution in [2.24, 2.45) is 0 Å². The summed E-state index contributed by atoms with van der Waals surface area (Å²) in [4.78, 5) is 13.0. The van der Waals surface area contributed by atoms with Crippen molar-refractivity contribution < 1.29 is 4.79 Å². The normalized spacial score (nSPS) is 11.5. The molecule has 18 heavy (non-hydrogen) atoms. The predicted octanol–water partition coefficient (Wildman–Crippen LogP) is 3.16. The molecule has 0 bridgehead atoms. The van der Waals surface area contributed by atoms with Gasteiger partial charge in [0, 0.05) is 4.90 Å². The Labute approximate surface area is 120 Å². The van der Waals surface area contributed by atoms with Crippen LogP contribution in [0.2, 0.25) is 0 Å². The first-order chi connectivity index (χ1) is 8.19. The maximum Gasteiger partial charge on any atom is 0.241 e. The molecule has 1 atom stereocenters. The first-order valence-electron chi connectivity index (χ1n) is 5.86. The van der Waals surface area contributed by atoms with E-state index in [2.05, 4.69) is 17.6 Å². The smallest absolute Gasteiger partial charge is 0.241 e. The van der Waals surface area contributed by atoms with Crippen LogP contribution in [0.4, 0.5) is 5.69 Å². The largest absolute Gasteiger partial charge is 0.324 e. The van der Waals surface area contributed by atoms with E-state index in [-0.39, 0.29) is 24.4 Å². The second-order valence-corrected chi connectivity index (χ2v) is 4.71. The first kappa shape index (κ1) is 17.3. The Morgan fingerprint density at radius 3 is 2.67 bits per heavy atom. The summed E-state index contributed by atoms with van der Waals surface area (Å²) in [6.07, 6.45) is 3.03. The van der Waals surface area contributed by atoms with Gasteiger partial charge in [-0.25, -0.2) is 0 Å². The Bertz CT molecular complexity index is 374. The van der Waals surface area contributed by atoms with Gasteiger partial charge in [0.15, 0.2) is 0 Å². The summed E-state index contributed by atoms with van der Waals surface area (Å²) in [6.45, 7) is 4.83. The van der Waals surface area contributed by atoms with E-state index in [1.54, 1.807) is 11.8 Å². The highest BCUT2D eigenvalue weighted by Gasteiger charge is 2.12. The Kier molecular flexibility index (Phi) is 8.89. The van der Waals surface area contributed by atoms with Gasteiger partial charge in [-0.1, -0.05) is 19.1 Å². The predicted molar refractivity (Wildman–Crippen MR) is 81.9 cm³/mol. The molecule has 0 aliphatic rings. The minimum atomic E-state index is -0.162. The van der Waals surface area contributed by atoms with E-state index in [0.717, 1.165) is 23.5 Å². The summed E-state index contributed by atoms with van der Waals surface area (Å²) in [5, 5.41) is 6.12. The summed E-state index contributed by atoms with van der Waals surface area (Å²) >= 11 is 1.63. The molecular weight excluding hydrogens is 268 g/mol. The molecular formula is C13H21ClN2OS. The summed E-state index contributed by atoms with van der Waals surface area (Å²) in [5.74, 6) is 0.0138. The third-order valence-electron chi connectivity index (χ3n) is 2.46. The lowest BCUT2D eigenvalue weighted by molar-refractivity contribution is -0.117. The first-order valence-corrected chi connectivity index (χ1v) is 7.08. The Morgan fingerprint density at radius 2 is 2.06 bits per heavy atom. The highest BCUT2D eigenvalue weighted by atomic mass is 35.5. The van der Waals surface area contributed by atoms with Crippen LogP contribution in [0.3, 0.4) is 0 Å². The van der Waals surface area contributed by atoms with Gasteiger partial charge in [0.2, 0.25) is 5.91 Å². The molecule has 0 aliphatic heterocycles. The molecule has 102 valence electrons. The van der Waals surface area contributed by atoms with Crippen molar-refractivity contribution in [3.8, 4) is 0 Å². The fourth-order valence-electron chi connectivity index (χ4n) is 1.44. The number of rotatable bonds is 6. The number of anilines is 1. The van der Waals surface area contributed by atoms with Crippen LogP contribution in [-0.2, 0) is 4.79 Å². The Balaban J connectivity index is 0.00000289. The van der Waals surface area contributed by atoms with Crippen LogP contribution in [0.25, 0.3) is 0 Å². The van der Waals surface area contributed by atoms with Crippen LogP contribution >= 0.6 is 24.2 Å². The zero-order valence-electron chi connectivity index (χ0n) is 11.0. The number of para-hydroxylation sites is 1. The van der Waals surface area contributed by atoms with E-state index in [1.807, 2.05) is 37.4 Å². The van der Waals surface area contributed by atoms with E-state index >= 15 is 0 Å². The van der Waals surface area contributed by atoms with Crippen LogP contribution in [-0.4, -0.2) is 24.7 Å². The van der Waals surface area contributed by atoms with Crippen molar-refractivity contribution in [1.29, 1.82) is 0 Å². The Hall–Kier alpha value is -0.710. The molecule has 2 N–H and O–H groups in total. The van der Waals surface area contributed by atoms with Gasteiger partial charge in [-0.15, -0.1) is 24.2 Å². The number of carbonyl (C=O) groups excluding carboxylic acids is 1. The molecule has 0 fully saturated rings. The van der Waals surface area contributed by atoms with Crippen LogP contribution in [0.15, 0.2) is 29.2 Å². The SMILES string of the molecule is CCCNC(C)C(=O)Nc1ccccc1SC.Cl. The van der Waals surface area contributed by atoms with Gasteiger partial charge in [-0.05, 0) is 38.3 Å². The number of thioether (sulfide) groups is 1. The average molecular weight is 289 g/mol. The second kappa shape index (κ2) is 9.25. The molecule has 0 aromatic heterocycles. The summed E-state index contributed by atoms with van der Waals surface area (Å²) in [7, 11) is 0. The molecule has 1 rings (SSSR count). The maximum atomic E-state index is 11.9. The molecule has 1 unspecified atom stereocenters. The number of hydrogen-bond acceptors (Lipinski definition) is 3. The number of carbonyl (C=O) groups is 1. The van der Waals surface area contributed by atoms with E-state index in [1.165, 1.54) is 0 Å². The quantitative estimate of drug-likeness (QED) is 0.790. The van der Waals surface area contributed by atoms with Crippen molar-refractivity contribution in [3.63, 3.8) is 0 Å². The Morgan fingerprint density at radius 1 is 1.39 bits per heavy atom. The number of hydrogen-bond donors (Lipinski definition) is 2. The van der Waals surface area contributed by atoms with Crippen LogP contribution in [0.1, 0.15) is 20.3 Å². The van der Waals surface area contributed by atoms with Gasteiger partial charge >= 0.3 is 0 Å². The standard InChI is InChI=1S/C13H20N2OS.ClH/c1-4-9-14-10(2)13(16)15-11-7-5-6-8-12(11)17-3;/h5-8,10,14H,4,9H2,1-3H3,(H,15,16);1H. The zero-order chi connectivity index (χ0) is 12.7. The van der Waals surface area contributed by atoms with Gasteiger partial charge in [-0.2, -0.15) is 0 Å². The molecule has 5 heteroatoms. The minimum Gasteiger partial charge on any atom is -0.324 e. The average Bonchev–Trinajstić information content (AvgIpc) is 2.36. The monoisotopic (exact) mass is 288 g/mol. The fraction of sp³-hybridized carbons (Fsp3) is 0.462. The van der Waals surface area contributed by atoms with Gasteiger partial charge in [-0.3, -0.25) is 4.79 Å². The lowest BCUT2D eigenvalue weighted by atomic mass is 10.2. The second-order valence-electron chi connectivity index (χ2n) is 3.87. The molecule has 1 aromatic carbocycles. The zero-order valence-corrected chi connectivity index (χ0v) is 12.7. The van der Waals surface area contributed by atoms with Gasteiger partial charge in [0.1, 0.15) is 0 Å². The molecule has 0 heterocycles. The van der Waals surface area contributed by atoms with Gasteiger partial charge in [0.05, 0.1) is 11.7 Å². The van der Waals surface area contributed by atoms with Crippen LogP contribution in [0.5, 0.6) is 0 Å². The van der Waals surface area contributed by atoms with Crippen LogP contribution < -0.4 is 10.6 Å². The fourth-order valence-corrected chi connectivity index (χ4v) is 2.00. The third kappa shape index (κ3) is 5.29. The molecule has 1 amide bonds. The number of benzene rings is 1. The topological polar surface area (TPSA) is 41.1 Å². The van der Waals surface area contributed by atoms with E-state index in [0.29, 0.717) is 0 Å². The van der Waals surface area contributed by atoms with Crippen molar-refractivity contribution in [2.75, 3.05) is 18.1 Å². The lowest BCUT2D eigenvalue weighted by Crippen LogP contribution is -2.38. The summed E-state index contributed by atoms with van der Waals surface area (Å²) in [5.41, 5.74) is 0.884. The van der Waals surface area contributed by atoms with E-state index in [9.17, 15) is 4.79 Å². The maximum absolute atomic E-state index is 11.9. The van der Waals surface area contributed by atoms with Crippen LogP contribution in [0, 0.1) is 0 Å². The lowest BCUT2D eigenvalue weighted by Gasteiger charge is -2.15. The van der Waals surface area contributed by atoms with E-state index in [4.69, 9.17) is 0 Å². The van der Waals surface area contributed by atoms with Crippen molar-refractivity contribution in [1.82, 2.24) is 5.32 Å². The summed E-state index contributed by atoms with van der Waals surface area (Å²) in [6, 6.07) is 7.67. The highest BCUT2D eigenvalue weighted by Crippen LogP contribution is 2.24.